The molecular formula is C2H5CoN3S. The third kappa shape index (κ3) is 132. The van der Waals surface area contributed by atoms with E-state index in [0.29, 0.717) is 0 Å². The van der Waals surface area contributed by atoms with Crippen molar-refractivity contribution in [3.05, 3.63) is 0 Å². The van der Waals surface area contributed by atoms with Crippen molar-refractivity contribution in [1.29, 1.82) is 10.5 Å². The molecule has 0 aromatic heterocycles. The standard InChI is InChI=1S/C2N2.Co.H3N.H2S/c3-1-2-4;;;/h;;1H3;1H2. The van der Waals surface area contributed by atoms with Crippen molar-refractivity contribution in [2.45, 2.75) is 0 Å². The predicted molar refractivity (Wildman–Crippen MR) is 26.6 cm³/mol. The minimum Gasteiger partial charge on any atom is -0.344 e. The van der Waals surface area contributed by atoms with E-state index >= 15 is 0 Å². The van der Waals surface area contributed by atoms with Gasteiger partial charge in [0.25, 0.3) is 0 Å². The fraction of sp³-hybridized carbons (Fsp3) is 0. The van der Waals surface area contributed by atoms with Gasteiger partial charge >= 0.3 is 0 Å². The minimum absolute atomic E-state index is 0. The average molecular weight is 162 g/mol. The Hall–Kier alpha value is -0.204. The van der Waals surface area contributed by atoms with Crippen molar-refractivity contribution < 1.29 is 16.8 Å². The van der Waals surface area contributed by atoms with E-state index in [9.17, 15) is 0 Å². The first kappa shape index (κ1) is 29.2. The van der Waals surface area contributed by atoms with Crippen LogP contribution in [-0.4, -0.2) is 0 Å². The van der Waals surface area contributed by atoms with Crippen LogP contribution in [0.25, 0.3) is 0 Å². The Morgan fingerprint density at radius 3 is 1.14 bits per heavy atom. The summed E-state index contributed by atoms with van der Waals surface area (Å²) in [5.74, 6) is 0. The summed E-state index contributed by atoms with van der Waals surface area (Å²) in [6.45, 7) is 0. The van der Waals surface area contributed by atoms with Crippen LogP contribution in [-0.2, 0) is 16.8 Å². The first-order valence-corrected chi connectivity index (χ1v) is 0.697. The van der Waals surface area contributed by atoms with E-state index in [4.69, 9.17) is 10.5 Å². The minimum atomic E-state index is 0. The number of hydrogen-bond acceptors (Lipinski definition) is 3. The Labute approximate surface area is 59.5 Å². The molecule has 0 heterocycles. The van der Waals surface area contributed by atoms with Gasteiger partial charge in [0.2, 0.25) is 0 Å². The van der Waals surface area contributed by atoms with E-state index in [0.717, 1.165) is 0 Å². The van der Waals surface area contributed by atoms with Crippen LogP contribution in [0, 0.1) is 22.7 Å². The normalized spacial score (nSPS) is 1.43. The molecule has 0 aromatic rings. The summed E-state index contributed by atoms with van der Waals surface area (Å²) >= 11 is 0. The van der Waals surface area contributed by atoms with E-state index < -0.39 is 0 Å². The second kappa shape index (κ2) is 41.3. The van der Waals surface area contributed by atoms with E-state index in [2.05, 4.69) is 0 Å². The van der Waals surface area contributed by atoms with E-state index in [1.54, 1.807) is 0 Å². The molecule has 0 unspecified atom stereocenters. The van der Waals surface area contributed by atoms with Gasteiger partial charge in [0, 0.05) is 16.8 Å². The van der Waals surface area contributed by atoms with Gasteiger partial charge in [0.15, 0.2) is 12.1 Å². The van der Waals surface area contributed by atoms with Gasteiger partial charge in [-0.05, 0) is 0 Å². The molecule has 1 radical (unpaired) electrons. The van der Waals surface area contributed by atoms with Crippen LogP contribution >= 0.6 is 13.5 Å². The van der Waals surface area contributed by atoms with Crippen LogP contribution in [0.3, 0.4) is 0 Å². The first-order chi connectivity index (χ1) is 1.91. The molecule has 3 nitrogen and oxygen atoms in total. The van der Waals surface area contributed by atoms with Crippen LogP contribution in [0.1, 0.15) is 0 Å². The topological polar surface area (TPSA) is 82.6 Å². The summed E-state index contributed by atoms with van der Waals surface area (Å²) in [7, 11) is 0. The monoisotopic (exact) mass is 162 g/mol. The van der Waals surface area contributed by atoms with Crippen molar-refractivity contribution in [2.75, 3.05) is 0 Å². The molecule has 0 aliphatic rings. The Kier molecular flexibility index (Phi) is 172. The van der Waals surface area contributed by atoms with Crippen LogP contribution in [0.5, 0.6) is 0 Å². The summed E-state index contributed by atoms with van der Waals surface area (Å²) in [6, 6.07) is 2.47. The Morgan fingerprint density at radius 1 is 1.00 bits per heavy atom. The second-order valence-electron chi connectivity index (χ2n) is 0.224. The molecule has 0 aromatic carbocycles. The molecule has 7 heavy (non-hydrogen) atoms. The number of nitrogens with zero attached hydrogens (tertiary/aromatic N) is 2. The van der Waals surface area contributed by atoms with Gasteiger partial charge in [-0.3, -0.25) is 0 Å². The van der Waals surface area contributed by atoms with E-state index in [1.165, 1.54) is 12.1 Å². The molecular weight excluding hydrogens is 157 g/mol. The second-order valence-corrected chi connectivity index (χ2v) is 0.224. The summed E-state index contributed by atoms with van der Waals surface area (Å²) in [5, 5.41) is 14.5. The zero-order valence-electron chi connectivity index (χ0n) is 3.43. The zero-order chi connectivity index (χ0) is 3.41. The molecule has 0 aliphatic heterocycles. The quantitative estimate of drug-likeness (QED) is 0.556. The maximum atomic E-state index is 7.26. The van der Waals surface area contributed by atoms with Gasteiger partial charge in [-0.15, -0.1) is 0 Å². The maximum absolute atomic E-state index is 7.26. The number of hydrogen-bond donors (Lipinski definition) is 1. The summed E-state index contributed by atoms with van der Waals surface area (Å²) in [6.07, 6.45) is 0. The molecule has 0 bridgehead atoms. The zero-order valence-corrected chi connectivity index (χ0v) is 5.48. The van der Waals surface area contributed by atoms with Crippen molar-refractivity contribution in [2.24, 2.45) is 0 Å². The van der Waals surface area contributed by atoms with Crippen LogP contribution in [0.15, 0.2) is 0 Å². The summed E-state index contributed by atoms with van der Waals surface area (Å²) in [5.41, 5.74) is 0. The Bertz CT molecular complexity index is 67.9. The molecule has 0 saturated heterocycles. The van der Waals surface area contributed by atoms with Gasteiger partial charge in [0.05, 0.1) is 0 Å². The van der Waals surface area contributed by atoms with Gasteiger partial charge in [0.1, 0.15) is 0 Å². The van der Waals surface area contributed by atoms with E-state index in [-0.39, 0.29) is 36.4 Å². The molecule has 5 heteroatoms. The van der Waals surface area contributed by atoms with Crippen molar-refractivity contribution in [3.8, 4) is 12.1 Å². The molecule has 0 spiro atoms. The van der Waals surface area contributed by atoms with Gasteiger partial charge in [-0.2, -0.15) is 24.0 Å². The Morgan fingerprint density at radius 2 is 1.14 bits per heavy atom. The van der Waals surface area contributed by atoms with Gasteiger partial charge < -0.3 is 6.15 Å². The Balaban J connectivity index is -0.0000000150. The first-order valence-electron chi connectivity index (χ1n) is 0.697. The SMILES string of the molecule is N.N#CC#N.S.[Co]. The van der Waals surface area contributed by atoms with Gasteiger partial charge in [-0.25, -0.2) is 0 Å². The predicted octanol–water partition coefficient (Wildman–Crippen LogP) is 0.306. The molecule has 0 saturated carbocycles. The number of nitriles is 2. The average Bonchev–Trinajstić information content (AvgIpc) is 1.37. The van der Waals surface area contributed by atoms with Crippen LogP contribution in [0.4, 0.5) is 0 Å². The summed E-state index contributed by atoms with van der Waals surface area (Å²) < 4.78 is 0. The van der Waals surface area contributed by atoms with Crippen molar-refractivity contribution in [1.82, 2.24) is 6.15 Å². The maximum Gasteiger partial charge on any atom is 0.181 e. The van der Waals surface area contributed by atoms with E-state index in [1.807, 2.05) is 0 Å². The van der Waals surface area contributed by atoms with Crippen molar-refractivity contribution in [3.63, 3.8) is 0 Å². The fourth-order valence-electron chi connectivity index (χ4n) is 0. The molecule has 0 aliphatic carbocycles. The third-order valence-electron chi connectivity index (χ3n) is 0.0500. The van der Waals surface area contributed by atoms with Crippen LogP contribution < -0.4 is 6.15 Å². The van der Waals surface area contributed by atoms with Crippen molar-refractivity contribution >= 4 is 13.5 Å². The molecule has 0 rings (SSSR count). The molecule has 3 N–H and O–H groups in total. The summed E-state index contributed by atoms with van der Waals surface area (Å²) in [4.78, 5) is 0. The smallest absolute Gasteiger partial charge is 0.181 e. The third-order valence-corrected chi connectivity index (χ3v) is 0.0500. The molecule has 0 atom stereocenters. The molecule has 43 valence electrons. The van der Waals surface area contributed by atoms with Crippen LogP contribution in [0.2, 0.25) is 0 Å². The molecule has 0 fully saturated rings. The van der Waals surface area contributed by atoms with Gasteiger partial charge in [-0.1, -0.05) is 0 Å². The molecule has 0 amide bonds. The number of rotatable bonds is 0. The largest absolute Gasteiger partial charge is 0.344 e. The fourth-order valence-corrected chi connectivity index (χ4v) is 0.